The Labute approximate surface area is 581 Å². The quantitative estimate of drug-likeness (QED) is 0.0222. The molecule has 0 aromatic rings. The number of aliphatic hydroxyl groups is 1. The minimum Gasteiger partial charge on any atom is -0.462 e. The van der Waals surface area contributed by atoms with Crippen LogP contribution in [0.4, 0.5) is 0 Å². The first-order valence-electron chi connectivity index (χ1n) is 39.3. The Morgan fingerprint density at radius 1 is 0.284 bits per heavy atom. The van der Waals surface area contributed by atoms with Crippen molar-refractivity contribution >= 4 is 39.5 Å². The van der Waals surface area contributed by atoms with Gasteiger partial charge in [-0.05, 0) is 43.4 Å². The minimum atomic E-state index is -4.96. The lowest BCUT2D eigenvalue weighted by Crippen LogP contribution is -2.30. The molecule has 0 radical (unpaired) electrons. The highest BCUT2D eigenvalue weighted by Gasteiger charge is 2.30. The van der Waals surface area contributed by atoms with Crippen molar-refractivity contribution in [2.75, 3.05) is 39.6 Å². The SMILES string of the molecule is CCCCCCCCCC(=O)OC[C@H](COP(=O)(O)OC[C@H](O)COP(=O)(O)OC[C@@H](COC(=O)CCCCCCCCCCCCCCCCCCC(C)C)OC(=O)CCCCCCCCCCCCCCCCCCC(C)C)OC(=O)CCCCCCCCCC(C)C. The summed E-state index contributed by atoms with van der Waals surface area (Å²) in [5, 5.41) is 10.6. The molecular weight excluding hydrogens is 1250 g/mol. The van der Waals surface area contributed by atoms with Gasteiger partial charge in [0.05, 0.1) is 26.4 Å². The van der Waals surface area contributed by atoms with Gasteiger partial charge in [-0.15, -0.1) is 0 Å². The molecule has 0 spiro atoms. The molecule has 0 rings (SSSR count). The van der Waals surface area contributed by atoms with E-state index in [1.165, 1.54) is 186 Å². The maximum absolute atomic E-state index is 13.1. The van der Waals surface area contributed by atoms with Gasteiger partial charge < -0.3 is 33.8 Å². The normalized spacial score (nSPS) is 14.1. The fourth-order valence-corrected chi connectivity index (χ4v) is 13.2. The van der Waals surface area contributed by atoms with Gasteiger partial charge in [0.15, 0.2) is 12.2 Å². The molecule has 0 aliphatic carbocycles. The summed E-state index contributed by atoms with van der Waals surface area (Å²) in [7, 11) is -9.90. The molecule has 19 heteroatoms. The predicted octanol–water partition coefficient (Wildman–Crippen LogP) is 22.2. The molecule has 5 atom stereocenters. The molecule has 0 aromatic heterocycles. The number of aliphatic hydroxyl groups excluding tert-OH is 1. The average molecular weight is 1400 g/mol. The van der Waals surface area contributed by atoms with Crippen molar-refractivity contribution in [2.45, 2.75) is 407 Å². The zero-order valence-corrected chi connectivity index (χ0v) is 63.9. The zero-order valence-electron chi connectivity index (χ0n) is 62.1. The molecule has 0 amide bonds. The van der Waals surface area contributed by atoms with E-state index in [1.54, 1.807) is 0 Å². The van der Waals surface area contributed by atoms with Gasteiger partial charge in [0.2, 0.25) is 0 Å². The van der Waals surface area contributed by atoms with Crippen molar-refractivity contribution in [1.82, 2.24) is 0 Å². The summed E-state index contributed by atoms with van der Waals surface area (Å²) >= 11 is 0. The van der Waals surface area contributed by atoms with Crippen molar-refractivity contribution in [3.63, 3.8) is 0 Å². The number of carbonyl (C=O) groups is 4. The van der Waals surface area contributed by atoms with E-state index in [2.05, 4.69) is 48.5 Å². The first kappa shape index (κ1) is 93.1. The second-order valence-electron chi connectivity index (χ2n) is 28.8. The lowest BCUT2D eigenvalue weighted by atomic mass is 10.0. The first-order chi connectivity index (χ1) is 45.7. The minimum absolute atomic E-state index is 0.103. The largest absolute Gasteiger partial charge is 0.472 e. The second-order valence-corrected chi connectivity index (χ2v) is 31.7. The summed E-state index contributed by atoms with van der Waals surface area (Å²) in [6.45, 7) is 11.9. The van der Waals surface area contributed by atoms with Crippen LogP contribution in [0.2, 0.25) is 0 Å². The van der Waals surface area contributed by atoms with E-state index in [9.17, 15) is 43.2 Å². The Balaban J connectivity index is 5.16. The van der Waals surface area contributed by atoms with Crippen LogP contribution in [0.15, 0.2) is 0 Å². The van der Waals surface area contributed by atoms with Gasteiger partial charge in [-0.25, -0.2) is 9.13 Å². The third-order valence-corrected chi connectivity index (χ3v) is 19.5. The van der Waals surface area contributed by atoms with Crippen LogP contribution in [-0.4, -0.2) is 96.7 Å². The number of hydrogen-bond donors (Lipinski definition) is 3. The van der Waals surface area contributed by atoms with E-state index in [0.29, 0.717) is 31.6 Å². The van der Waals surface area contributed by atoms with Gasteiger partial charge in [0, 0.05) is 25.7 Å². The van der Waals surface area contributed by atoms with E-state index in [4.69, 9.17) is 37.0 Å². The molecule has 564 valence electrons. The summed E-state index contributed by atoms with van der Waals surface area (Å²) in [5.74, 6) is 0.193. The van der Waals surface area contributed by atoms with Crippen LogP contribution in [0, 0.1) is 17.8 Å². The molecule has 95 heavy (non-hydrogen) atoms. The molecule has 0 aromatic carbocycles. The molecule has 2 unspecified atom stereocenters. The van der Waals surface area contributed by atoms with Gasteiger partial charge in [0.1, 0.15) is 19.3 Å². The number of esters is 4. The monoisotopic (exact) mass is 1400 g/mol. The van der Waals surface area contributed by atoms with Crippen LogP contribution < -0.4 is 0 Å². The predicted molar refractivity (Wildman–Crippen MR) is 386 cm³/mol. The lowest BCUT2D eigenvalue weighted by molar-refractivity contribution is -0.161. The van der Waals surface area contributed by atoms with Crippen molar-refractivity contribution in [1.29, 1.82) is 0 Å². The molecule has 0 bridgehead atoms. The summed E-state index contributed by atoms with van der Waals surface area (Å²) < 4.78 is 68.3. The van der Waals surface area contributed by atoms with Gasteiger partial charge in [0.25, 0.3) is 0 Å². The van der Waals surface area contributed by atoms with Gasteiger partial charge >= 0.3 is 39.5 Å². The molecule has 0 saturated heterocycles. The molecular formula is C76H148O17P2. The zero-order chi connectivity index (χ0) is 70.1. The smallest absolute Gasteiger partial charge is 0.462 e. The van der Waals surface area contributed by atoms with Crippen LogP contribution in [0.1, 0.15) is 389 Å². The van der Waals surface area contributed by atoms with E-state index >= 15 is 0 Å². The summed E-state index contributed by atoms with van der Waals surface area (Å²) in [4.78, 5) is 72.6. The number of ether oxygens (including phenoxy) is 4. The molecule has 0 heterocycles. The highest BCUT2D eigenvalue weighted by Crippen LogP contribution is 2.45. The fraction of sp³-hybridized carbons (Fsp3) is 0.947. The van der Waals surface area contributed by atoms with Crippen LogP contribution in [0.5, 0.6) is 0 Å². The fourth-order valence-electron chi connectivity index (χ4n) is 11.6. The number of phosphoric acid groups is 2. The highest BCUT2D eigenvalue weighted by molar-refractivity contribution is 7.47. The van der Waals surface area contributed by atoms with Crippen LogP contribution in [0.25, 0.3) is 0 Å². The first-order valence-corrected chi connectivity index (χ1v) is 42.3. The molecule has 3 N–H and O–H groups in total. The maximum Gasteiger partial charge on any atom is 0.472 e. The third kappa shape index (κ3) is 70.3. The number of hydrogen-bond acceptors (Lipinski definition) is 15. The standard InChI is InChI=1S/C76H148O17P2/c1-8-9-10-11-33-43-50-57-73(78)86-63-71(93-76(81)60-53-46-39-32-36-42-49-56-69(6)7)65-90-94(82,83)88-61-70(77)62-89-95(84,85)91-66-72(92-75(80)59-52-45-38-31-27-23-19-15-13-17-21-25-29-35-41-48-55-68(4)5)64-87-74(79)58-51-44-37-30-26-22-18-14-12-16-20-24-28-34-40-47-54-67(2)3/h67-72,77H,8-66H2,1-7H3,(H,82,83)(H,84,85)/t70-,71+,72+/m0/s1. The Morgan fingerprint density at radius 3 is 0.716 bits per heavy atom. The van der Waals surface area contributed by atoms with E-state index in [1.807, 2.05) is 0 Å². The summed E-state index contributed by atoms with van der Waals surface area (Å²) in [6, 6.07) is 0. The van der Waals surface area contributed by atoms with Crippen molar-refractivity contribution in [3.05, 3.63) is 0 Å². The molecule has 17 nitrogen and oxygen atoms in total. The van der Waals surface area contributed by atoms with Gasteiger partial charge in [-0.3, -0.25) is 37.3 Å². The second kappa shape index (κ2) is 66.6. The molecule has 0 aliphatic heterocycles. The van der Waals surface area contributed by atoms with Crippen LogP contribution in [-0.2, 0) is 65.4 Å². The van der Waals surface area contributed by atoms with E-state index in [0.717, 1.165) is 115 Å². The van der Waals surface area contributed by atoms with Gasteiger partial charge in [-0.1, -0.05) is 337 Å². The van der Waals surface area contributed by atoms with E-state index < -0.39 is 97.5 Å². The Kier molecular flexibility index (Phi) is 65.2. The molecule has 0 saturated carbocycles. The molecule has 0 fully saturated rings. The van der Waals surface area contributed by atoms with Crippen LogP contribution >= 0.6 is 15.6 Å². The summed E-state index contributed by atoms with van der Waals surface area (Å²) in [5.41, 5.74) is 0. The average Bonchev–Trinajstić information content (AvgIpc) is 2.20. The molecule has 0 aliphatic rings. The maximum atomic E-state index is 13.1. The summed E-state index contributed by atoms with van der Waals surface area (Å²) in [6.07, 6.45) is 53.1. The third-order valence-electron chi connectivity index (χ3n) is 17.6. The van der Waals surface area contributed by atoms with Crippen molar-refractivity contribution in [2.24, 2.45) is 17.8 Å². The Hall–Kier alpha value is -1.94. The van der Waals surface area contributed by atoms with Gasteiger partial charge in [-0.2, -0.15) is 0 Å². The number of phosphoric ester groups is 2. The van der Waals surface area contributed by atoms with E-state index in [-0.39, 0.29) is 25.7 Å². The number of unbranched alkanes of at least 4 members (excludes halogenated alkanes) is 42. The Bertz CT molecular complexity index is 1850. The van der Waals surface area contributed by atoms with Crippen LogP contribution in [0.3, 0.4) is 0 Å². The lowest BCUT2D eigenvalue weighted by Gasteiger charge is -2.21. The van der Waals surface area contributed by atoms with Crippen molar-refractivity contribution in [3.8, 4) is 0 Å². The number of rotatable bonds is 74. The topological polar surface area (TPSA) is 237 Å². The number of carbonyl (C=O) groups excluding carboxylic acids is 4. The Morgan fingerprint density at radius 2 is 0.484 bits per heavy atom. The highest BCUT2D eigenvalue weighted by atomic mass is 31.2. The van der Waals surface area contributed by atoms with Crippen molar-refractivity contribution < 1.29 is 80.2 Å².